The highest BCUT2D eigenvalue weighted by Gasteiger charge is 2.33. The number of carbonyl (C=O) groups is 2. The van der Waals surface area contributed by atoms with Crippen molar-refractivity contribution in [3.05, 3.63) is 46.5 Å². The van der Waals surface area contributed by atoms with Crippen molar-refractivity contribution in [2.75, 3.05) is 5.32 Å². The van der Waals surface area contributed by atoms with Crippen LogP contribution in [0.15, 0.2) is 30.3 Å². The molecule has 2 aromatic rings. The van der Waals surface area contributed by atoms with Crippen molar-refractivity contribution >= 4 is 28.3 Å². The first-order chi connectivity index (χ1) is 11.7. The van der Waals surface area contributed by atoms with Crippen LogP contribution < -0.4 is 10.6 Å². The van der Waals surface area contributed by atoms with Gasteiger partial charge in [-0.3, -0.25) is 14.9 Å². The quantitative estimate of drug-likeness (QED) is 0.898. The predicted molar refractivity (Wildman–Crippen MR) is 93.4 cm³/mol. The molecule has 2 N–H and O–H groups in total. The average Bonchev–Trinajstić information content (AvgIpc) is 3.31. The number of carbonyl (C=O) groups excluding carboxylic acids is 2. The van der Waals surface area contributed by atoms with Gasteiger partial charge in [0.2, 0.25) is 5.91 Å². The molecule has 0 spiro atoms. The molecule has 1 unspecified atom stereocenters. The molecule has 1 aromatic heterocycles. The summed E-state index contributed by atoms with van der Waals surface area (Å²) < 4.78 is 0. The third-order valence-corrected chi connectivity index (χ3v) is 5.50. The molecule has 1 fully saturated rings. The molecule has 0 bridgehead atoms. The number of nitrogens with one attached hydrogen (secondary N) is 2. The number of rotatable bonds is 4. The van der Waals surface area contributed by atoms with Crippen molar-refractivity contribution in [3.63, 3.8) is 0 Å². The van der Waals surface area contributed by atoms with E-state index in [4.69, 9.17) is 0 Å². The molecule has 1 aromatic carbocycles. The summed E-state index contributed by atoms with van der Waals surface area (Å²) in [7, 11) is 0. The molecular formula is C18H19N3O2S. The molecule has 124 valence electrons. The Balaban J connectivity index is 1.51. The van der Waals surface area contributed by atoms with Gasteiger partial charge in [-0.25, -0.2) is 4.98 Å². The molecule has 0 aliphatic heterocycles. The highest BCUT2D eigenvalue weighted by atomic mass is 32.1. The molecule has 1 atom stereocenters. The summed E-state index contributed by atoms with van der Waals surface area (Å²) >= 11 is 1.49. The molecule has 2 aliphatic carbocycles. The molecule has 0 radical (unpaired) electrons. The smallest absolute Gasteiger partial charge is 0.257 e. The summed E-state index contributed by atoms with van der Waals surface area (Å²) in [5, 5.41) is 6.53. The van der Waals surface area contributed by atoms with Crippen molar-refractivity contribution in [1.29, 1.82) is 0 Å². The van der Waals surface area contributed by atoms with Crippen LogP contribution >= 0.6 is 11.3 Å². The molecule has 5 nitrogen and oxygen atoms in total. The number of aromatic nitrogens is 1. The molecule has 1 saturated carbocycles. The standard InChI is InChI=1S/C18H19N3O2S/c22-16(11-5-2-1-3-6-11)21-18-20-15-13(7-4-8-14(15)24-18)17(23)19-12-9-10-12/h1-3,5-6,12-13H,4,7-10H2,(H,19,23)(H,20,21,22). The van der Waals surface area contributed by atoms with E-state index in [0.717, 1.165) is 42.7 Å². The lowest BCUT2D eigenvalue weighted by Crippen LogP contribution is -2.32. The fourth-order valence-corrected chi connectivity index (χ4v) is 4.08. The van der Waals surface area contributed by atoms with Crippen LogP contribution in [-0.2, 0) is 11.2 Å². The zero-order valence-corrected chi connectivity index (χ0v) is 14.1. The normalized spacial score (nSPS) is 19.4. The minimum atomic E-state index is -0.173. The van der Waals surface area contributed by atoms with E-state index in [-0.39, 0.29) is 17.7 Å². The number of hydrogen-bond donors (Lipinski definition) is 2. The molecule has 2 amide bonds. The lowest BCUT2D eigenvalue weighted by molar-refractivity contribution is -0.123. The van der Waals surface area contributed by atoms with E-state index < -0.39 is 0 Å². The van der Waals surface area contributed by atoms with Crippen LogP contribution in [0.25, 0.3) is 0 Å². The van der Waals surface area contributed by atoms with Crippen LogP contribution in [0.3, 0.4) is 0 Å². The van der Waals surface area contributed by atoms with Gasteiger partial charge in [-0.15, -0.1) is 11.3 Å². The Morgan fingerprint density at radius 2 is 1.92 bits per heavy atom. The molecule has 4 rings (SSSR count). The minimum Gasteiger partial charge on any atom is -0.353 e. The summed E-state index contributed by atoms with van der Waals surface area (Å²) in [4.78, 5) is 30.4. The fourth-order valence-electron chi connectivity index (χ4n) is 3.02. The van der Waals surface area contributed by atoms with E-state index in [1.807, 2.05) is 18.2 Å². The number of amides is 2. The Bertz CT molecular complexity index is 768. The Labute approximate surface area is 144 Å². The third-order valence-electron chi connectivity index (χ3n) is 4.45. The molecule has 1 heterocycles. The van der Waals surface area contributed by atoms with Crippen LogP contribution in [0.2, 0.25) is 0 Å². The summed E-state index contributed by atoms with van der Waals surface area (Å²) in [6, 6.07) is 9.45. The van der Waals surface area contributed by atoms with E-state index in [2.05, 4.69) is 15.6 Å². The van der Waals surface area contributed by atoms with E-state index in [1.54, 1.807) is 12.1 Å². The van der Waals surface area contributed by atoms with Gasteiger partial charge in [0.05, 0.1) is 11.6 Å². The number of thiazole rings is 1. The van der Waals surface area contributed by atoms with Gasteiger partial charge >= 0.3 is 0 Å². The SMILES string of the molecule is O=C(Nc1nc2c(s1)CCCC2C(=O)NC1CC1)c1ccccc1. The Kier molecular flexibility index (Phi) is 4.06. The zero-order chi connectivity index (χ0) is 16.5. The summed E-state index contributed by atoms with van der Waals surface area (Å²) in [5.74, 6) is -0.252. The molecule has 0 saturated heterocycles. The van der Waals surface area contributed by atoms with Crippen molar-refractivity contribution in [1.82, 2.24) is 10.3 Å². The fraction of sp³-hybridized carbons (Fsp3) is 0.389. The van der Waals surface area contributed by atoms with Gasteiger partial charge in [0.15, 0.2) is 5.13 Å². The van der Waals surface area contributed by atoms with Gasteiger partial charge in [0, 0.05) is 16.5 Å². The van der Waals surface area contributed by atoms with Gasteiger partial charge in [0.1, 0.15) is 0 Å². The van der Waals surface area contributed by atoms with Gasteiger partial charge in [0.25, 0.3) is 5.91 Å². The Morgan fingerprint density at radius 3 is 2.67 bits per heavy atom. The van der Waals surface area contributed by atoms with Crippen molar-refractivity contribution in [3.8, 4) is 0 Å². The maximum atomic E-state index is 12.4. The van der Waals surface area contributed by atoms with Crippen LogP contribution in [0, 0.1) is 0 Å². The number of benzene rings is 1. The molecular weight excluding hydrogens is 322 g/mol. The van der Waals surface area contributed by atoms with Crippen LogP contribution in [-0.4, -0.2) is 22.8 Å². The second-order valence-electron chi connectivity index (χ2n) is 6.38. The summed E-state index contributed by atoms with van der Waals surface area (Å²) in [6.45, 7) is 0. The first kappa shape index (κ1) is 15.3. The van der Waals surface area contributed by atoms with Crippen molar-refractivity contribution in [2.24, 2.45) is 0 Å². The zero-order valence-electron chi connectivity index (χ0n) is 13.2. The van der Waals surface area contributed by atoms with Crippen molar-refractivity contribution in [2.45, 2.75) is 44.1 Å². The lowest BCUT2D eigenvalue weighted by Gasteiger charge is -2.20. The number of fused-ring (bicyclic) bond motifs is 1. The van der Waals surface area contributed by atoms with Gasteiger partial charge < -0.3 is 5.32 Å². The van der Waals surface area contributed by atoms with E-state index in [1.165, 1.54) is 11.3 Å². The maximum Gasteiger partial charge on any atom is 0.257 e. The van der Waals surface area contributed by atoms with Crippen LogP contribution in [0.1, 0.15) is 52.5 Å². The van der Waals surface area contributed by atoms with Gasteiger partial charge in [-0.05, 0) is 44.2 Å². The van der Waals surface area contributed by atoms with E-state index >= 15 is 0 Å². The lowest BCUT2D eigenvalue weighted by atomic mass is 9.90. The van der Waals surface area contributed by atoms with E-state index in [0.29, 0.717) is 16.7 Å². The Hall–Kier alpha value is -2.21. The first-order valence-corrected chi connectivity index (χ1v) is 9.19. The largest absolute Gasteiger partial charge is 0.353 e. The van der Waals surface area contributed by atoms with Gasteiger partial charge in [-0.2, -0.15) is 0 Å². The Morgan fingerprint density at radius 1 is 1.12 bits per heavy atom. The average molecular weight is 341 g/mol. The second kappa shape index (κ2) is 6.36. The first-order valence-electron chi connectivity index (χ1n) is 8.37. The van der Waals surface area contributed by atoms with Crippen LogP contribution in [0.4, 0.5) is 5.13 Å². The third kappa shape index (κ3) is 3.19. The number of hydrogen-bond acceptors (Lipinski definition) is 4. The number of aryl methyl sites for hydroxylation is 1. The summed E-state index contributed by atoms with van der Waals surface area (Å²) in [6.07, 6.45) is 4.92. The molecule has 6 heteroatoms. The maximum absolute atomic E-state index is 12.4. The number of nitrogens with zero attached hydrogens (tertiary/aromatic N) is 1. The van der Waals surface area contributed by atoms with Crippen molar-refractivity contribution < 1.29 is 9.59 Å². The summed E-state index contributed by atoms with van der Waals surface area (Å²) in [5.41, 5.74) is 1.46. The monoisotopic (exact) mass is 341 g/mol. The highest BCUT2D eigenvalue weighted by molar-refractivity contribution is 7.15. The van der Waals surface area contributed by atoms with E-state index in [9.17, 15) is 9.59 Å². The predicted octanol–water partition coefficient (Wildman–Crippen LogP) is 3.09. The number of anilines is 1. The molecule has 2 aliphatic rings. The van der Waals surface area contributed by atoms with Crippen LogP contribution in [0.5, 0.6) is 0 Å². The van der Waals surface area contributed by atoms with Gasteiger partial charge in [-0.1, -0.05) is 18.2 Å². The molecule has 24 heavy (non-hydrogen) atoms. The second-order valence-corrected chi connectivity index (χ2v) is 7.46. The topological polar surface area (TPSA) is 71.1 Å². The minimum absolute atomic E-state index is 0.0877. The highest BCUT2D eigenvalue weighted by Crippen LogP contribution is 2.37.